The molecule has 0 aliphatic heterocycles. The molecule has 0 aromatic carbocycles. The van der Waals surface area contributed by atoms with Gasteiger partial charge >= 0.3 is 0 Å². The number of thiol groups is 1. The van der Waals surface area contributed by atoms with Gasteiger partial charge < -0.3 is 10.4 Å². The summed E-state index contributed by atoms with van der Waals surface area (Å²) in [5, 5.41) is 12.0. The predicted octanol–water partition coefficient (Wildman–Crippen LogP) is 1.36. The Hall–Kier alpha value is -0.220. The fourth-order valence-electron chi connectivity index (χ4n) is 1.19. The molecule has 0 saturated carbocycles. The van der Waals surface area contributed by atoms with Crippen LogP contribution in [0.4, 0.5) is 0 Å². The maximum absolute atomic E-state index is 11.2. The fraction of sp³-hybridized carbons (Fsp3) is 0.900. The van der Waals surface area contributed by atoms with Gasteiger partial charge in [0.05, 0.1) is 0 Å². The molecule has 0 rings (SSSR count). The second-order valence-electron chi connectivity index (χ2n) is 3.38. The maximum atomic E-state index is 11.2. The molecule has 0 spiro atoms. The Labute approximate surface area is 91.7 Å². The number of unbranched alkanes of at least 4 members (excludes halogenated alkanes) is 3. The molecule has 4 heteroatoms. The molecule has 0 aromatic rings. The number of rotatable bonds is 8. The van der Waals surface area contributed by atoms with Gasteiger partial charge in [-0.05, 0) is 6.42 Å². The largest absolute Gasteiger partial charge is 0.383 e. The first-order valence-electron chi connectivity index (χ1n) is 5.29. The molecular weight excluding hydrogens is 198 g/mol. The highest BCUT2D eigenvalue weighted by Crippen LogP contribution is 2.05. The number of hydrogen-bond donors (Lipinski definition) is 3. The monoisotopic (exact) mass is 219 g/mol. The molecule has 0 aromatic heterocycles. The van der Waals surface area contributed by atoms with Crippen molar-refractivity contribution in [2.24, 2.45) is 0 Å². The van der Waals surface area contributed by atoms with Gasteiger partial charge in [0.2, 0.25) is 5.91 Å². The van der Waals surface area contributed by atoms with Crippen molar-refractivity contribution in [3.63, 3.8) is 0 Å². The summed E-state index contributed by atoms with van der Waals surface area (Å²) < 4.78 is 0. The molecule has 0 heterocycles. The number of carbonyl (C=O) groups is 1. The zero-order chi connectivity index (χ0) is 10.8. The van der Waals surface area contributed by atoms with Gasteiger partial charge in [-0.3, -0.25) is 4.79 Å². The van der Waals surface area contributed by atoms with Crippen molar-refractivity contribution in [3.05, 3.63) is 0 Å². The molecule has 0 aliphatic carbocycles. The quantitative estimate of drug-likeness (QED) is 0.426. The molecule has 2 N–H and O–H groups in total. The van der Waals surface area contributed by atoms with Crippen LogP contribution in [-0.4, -0.2) is 29.4 Å². The standard InChI is InChI=1S/C10H21NO2S/c1-2-3-4-5-6-9(12)10(13)11-7-8-14/h9,12,14H,2-8H2,1H3,(H,11,13). The second-order valence-corrected chi connectivity index (χ2v) is 3.83. The van der Waals surface area contributed by atoms with Crippen molar-refractivity contribution in [3.8, 4) is 0 Å². The van der Waals surface area contributed by atoms with Crippen LogP contribution in [0.3, 0.4) is 0 Å². The van der Waals surface area contributed by atoms with E-state index in [0.29, 0.717) is 18.7 Å². The van der Waals surface area contributed by atoms with Crippen molar-refractivity contribution in [1.29, 1.82) is 0 Å². The highest BCUT2D eigenvalue weighted by Gasteiger charge is 2.12. The Morgan fingerprint density at radius 3 is 2.71 bits per heavy atom. The summed E-state index contributed by atoms with van der Waals surface area (Å²) >= 11 is 3.97. The summed E-state index contributed by atoms with van der Waals surface area (Å²) in [5.41, 5.74) is 0. The first kappa shape index (κ1) is 13.8. The van der Waals surface area contributed by atoms with Gasteiger partial charge in [0.25, 0.3) is 0 Å². The van der Waals surface area contributed by atoms with E-state index < -0.39 is 6.10 Å². The van der Waals surface area contributed by atoms with E-state index in [9.17, 15) is 9.90 Å². The Morgan fingerprint density at radius 2 is 2.14 bits per heavy atom. The number of nitrogens with one attached hydrogen (secondary N) is 1. The summed E-state index contributed by atoms with van der Waals surface area (Å²) in [7, 11) is 0. The average molecular weight is 219 g/mol. The molecule has 0 bridgehead atoms. The van der Waals surface area contributed by atoms with Gasteiger partial charge in [-0.25, -0.2) is 0 Å². The molecule has 1 amide bonds. The third-order valence-electron chi connectivity index (χ3n) is 2.04. The van der Waals surface area contributed by atoms with Crippen molar-refractivity contribution in [2.45, 2.75) is 45.1 Å². The van der Waals surface area contributed by atoms with E-state index >= 15 is 0 Å². The van der Waals surface area contributed by atoms with Crippen LogP contribution < -0.4 is 5.32 Å². The van der Waals surface area contributed by atoms with Crippen LogP contribution >= 0.6 is 12.6 Å². The van der Waals surface area contributed by atoms with Crippen molar-refractivity contribution in [2.75, 3.05) is 12.3 Å². The first-order valence-corrected chi connectivity index (χ1v) is 5.92. The Balaban J connectivity index is 3.42. The molecule has 14 heavy (non-hydrogen) atoms. The molecule has 3 nitrogen and oxygen atoms in total. The highest BCUT2D eigenvalue weighted by atomic mass is 32.1. The first-order chi connectivity index (χ1) is 6.72. The summed E-state index contributed by atoms with van der Waals surface area (Å²) in [5.74, 6) is 0.337. The fourth-order valence-corrected chi connectivity index (χ4v) is 1.30. The van der Waals surface area contributed by atoms with Gasteiger partial charge in [0.15, 0.2) is 0 Å². The zero-order valence-electron chi connectivity index (χ0n) is 8.83. The molecule has 1 unspecified atom stereocenters. The molecular formula is C10H21NO2S. The van der Waals surface area contributed by atoms with Crippen LogP contribution in [0.2, 0.25) is 0 Å². The van der Waals surface area contributed by atoms with Crippen LogP contribution in [0.25, 0.3) is 0 Å². The summed E-state index contributed by atoms with van der Waals surface area (Å²) in [6.45, 7) is 2.66. The van der Waals surface area contributed by atoms with E-state index in [4.69, 9.17) is 0 Å². The summed E-state index contributed by atoms with van der Waals surface area (Å²) in [6, 6.07) is 0. The second kappa shape index (κ2) is 9.34. The number of aliphatic hydroxyl groups is 1. The zero-order valence-corrected chi connectivity index (χ0v) is 9.72. The van der Waals surface area contributed by atoms with Crippen molar-refractivity contribution >= 4 is 18.5 Å². The molecule has 84 valence electrons. The van der Waals surface area contributed by atoms with Crippen LogP contribution in [-0.2, 0) is 4.79 Å². The molecule has 1 atom stereocenters. The van der Waals surface area contributed by atoms with Crippen LogP contribution in [0, 0.1) is 0 Å². The molecule has 0 radical (unpaired) electrons. The minimum absolute atomic E-state index is 0.268. The lowest BCUT2D eigenvalue weighted by molar-refractivity contribution is -0.129. The van der Waals surface area contributed by atoms with E-state index in [-0.39, 0.29) is 5.91 Å². The lowest BCUT2D eigenvalue weighted by atomic mass is 10.1. The lowest BCUT2D eigenvalue weighted by Gasteiger charge is -2.10. The van der Waals surface area contributed by atoms with Gasteiger partial charge in [-0.15, -0.1) is 0 Å². The minimum Gasteiger partial charge on any atom is -0.383 e. The number of carbonyl (C=O) groups excluding carboxylic acids is 1. The highest BCUT2D eigenvalue weighted by molar-refractivity contribution is 7.80. The van der Waals surface area contributed by atoms with E-state index in [1.54, 1.807) is 0 Å². The van der Waals surface area contributed by atoms with E-state index in [0.717, 1.165) is 12.8 Å². The minimum atomic E-state index is -0.841. The number of hydrogen-bond acceptors (Lipinski definition) is 3. The van der Waals surface area contributed by atoms with Gasteiger partial charge in [-0.1, -0.05) is 32.6 Å². The SMILES string of the molecule is CCCCCCC(O)C(=O)NCCS. The number of amides is 1. The number of aliphatic hydroxyl groups excluding tert-OH is 1. The molecule has 0 saturated heterocycles. The Kier molecular flexibility index (Phi) is 9.19. The van der Waals surface area contributed by atoms with Crippen LogP contribution in [0.5, 0.6) is 0 Å². The third kappa shape index (κ3) is 7.21. The predicted molar refractivity (Wildman–Crippen MR) is 61.6 cm³/mol. The van der Waals surface area contributed by atoms with Crippen molar-refractivity contribution in [1.82, 2.24) is 5.32 Å². The Morgan fingerprint density at radius 1 is 1.43 bits per heavy atom. The van der Waals surface area contributed by atoms with Gasteiger partial charge in [0, 0.05) is 12.3 Å². The molecule has 0 aliphatic rings. The van der Waals surface area contributed by atoms with Crippen LogP contribution in [0.1, 0.15) is 39.0 Å². The summed E-state index contributed by atoms with van der Waals surface area (Å²) in [6.07, 6.45) is 4.08. The molecule has 0 fully saturated rings. The van der Waals surface area contributed by atoms with Gasteiger partial charge in [0.1, 0.15) is 6.10 Å². The average Bonchev–Trinajstić information content (AvgIpc) is 2.20. The third-order valence-corrected chi connectivity index (χ3v) is 2.27. The van der Waals surface area contributed by atoms with E-state index in [1.165, 1.54) is 12.8 Å². The lowest BCUT2D eigenvalue weighted by Crippen LogP contribution is -2.35. The van der Waals surface area contributed by atoms with E-state index in [1.807, 2.05) is 0 Å². The normalized spacial score (nSPS) is 12.5. The van der Waals surface area contributed by atoms with Crippen molar-refractivity contribution < 1.29 is 9.90 Å². The summed E-state index contributed by atoms with van der Waals surface area (Å²) in [4.78, 5) is 11.2. The van der Waals surface area contributed by atoms with Gasteiger partial charge in [-0.2, -0.15) is 12.6 Å². The maximum Gasteiger partial charge on any atom is 0.248 e. The topological polar surface area (TPSA) is 49.3 Å². The smallest absolute Gasteiger partial charge is 0.248 e. The van der Waals surface area contributed by atoms with E-state index in [2.05, 4.69) is 24.9 Å². The Bertz CT molecular complexity index is 153. The van der Waals surface area contributed by atoms with Crippen LogP contribution in [0.15, 0.2) is 0 Å².